The highest BCUT2D eigenvalue weighted by Gasteiger charge is 2.38. The van der Waals surface area contributed by atoms with E-state index in [4.69, 9.17) is 9.97 Å². The first-order valence-corrected chi connectivity index (χ1v) is 11.8. The molecule has 3 aromatic rings. The number of aromatic nitrogens is 4. The third-order valence-corrected chi connectivity index (χ3v) is 6.68. The Morgan fingerprint density at radius 3 is 2.64 bits per heavy atom. The highest BCUT2D eigenvalue weighted by molar-refractivity contribution is 5.83. The Morgan fingerprint density at radius 2 is 2.00 bits per heavy atom. The number of nitrogens with zero attached hydrogens (tertiary/aromatic N) is 5. The van der Waals surface area contributed by atoms with Gasteiger partial charge in [-0.05, 0) is 43.6 Å². The molecule has 0 unspecified atom stereocenters. The molecule has 0 radical (unpaired) electrons. The lowest BCUT2D eigenvalue weighted by Gasteiger charge is -2.34. The lowest BCUT2D eigenvalue weighted by atomic mass is 9.78. The Bertz CT molecular complexity index is 1130. The minimum absolute atomic E-state index is 0.0594. The summed E-state index contributed by atoms with van der Waals surface area (Å²) >= 11 is 0. The fourth-order valence-electron chi connectivity index (χ4n) is 4.70. The van der Waals surface area contributed by atoms with Gasteiger partial charge in [0.25, 0.3) is 5.69 Å². The molecule has 176 valence electrons. The summed E-state index contributed by atoms with van der Waals surface area (Å²) in [4.78, 5) is 24.8. The molecule has 0 amide bonds. The minimum Gasteiger partial charge on any atom is -0.382 e. The molecule has 1 fully saturated rings. The topological polar surface area (TPSA) is 119 Å². The molecule has 0 saturated heterocycles. The zero-order valence-electron chi connectivity index (χ0n) is 19.5. The highest BCUT2D eigenvalue weighted by atomic mass is 16.6. The second kappa shape index (κ2) is 9.43. The summed E-state index contributed by atoms with van der Waals surface area (Å²) in [5.41, 5.74) is 1.22. The maximum atomic E-state index is 11.5. The Labute approximate surface area is 193 Å². The molecule has 2 atom stereocenters. The maximum absolute atomic E-state index is 11.5. The Balaban J connectivity index is 1.76. The molecular weight excluding hydrogens is 420 g/mol. The fraction of sp³-hybridized carbons (Fsp3) is 0.542. The van der Waals surface area contributed by atoms with Crippen molar-refractivity contribution < 1.29 is 10.0 Å². The van der Waals surface area contributed by atoms with E-state index in [1.807, 2.05) is 4.57 Å². The molecule has 9 heteroatoms. The Morgan fingerprint density at radius 1 is 1.27 bits per heavy atom. The molecule has 33 heavy (non-hydrogen) atoms. The van der Waals surface area contributed by atoms with Crippen LogP contribution in [0.3, 0.4) is 0 Å². The normalized spacial score (nSPS) is 20.9. The number of anilines is 1. The van der Waals surface area contributed by atoms with Crippen molar-refractivity contribution in [2.24, 2.45) is 5.92 Å². The molecule has 2 N–H and O–H groups in total. The van der Waals surface area contributed by atoms with Crippen molar-refractivity contribution >= 4 is 22.7 Å². The van der Waals surface area contributed by atoms with Gasteiger partial charge in [0, 0.05) is 18.2 Å². The van der Waals surface area contributed by atoms with Gasteiger partial charge in [-0.2, -0.15) is 0 Å². The standard InChI is InChI=1S/C24H32N6O3/c1-4-18(5-2)26-21-20-22(28-23(27-21)24(31)12-6-7-16(3)13-24)29(15-25-20)14-17-8-10-19(11-9-17)30(32)33/h8-11,15-16,18,31H,4-7,12-14H2,1-3H3,(H,26,27,28)/t16-,24+/m1/s1. The van der Waals surface area contributed by atoms with Crippen LogP contribution in [0.25, 0.3) is 11.2 Å². The van der Waals surface area contributed by atoms with Gasteiger partial charge >= 0.3 is 0 Å². The molecule has 9 nitrogen and oxygen atoms in total. The molecule has 2 aromatic heterocycles. The first-order valence-electron chi connectivity index (χ1n) is 11.8. The third-order valence-electron chi connectivity index (χ3n) is 6.68. The zero-order valence-corrected chi connectivity index (χ0v) is 19.5. The number of hydrogen-bond acceptors (Lipinski definition) is 7. The number of imidazole rings is 1. The zero-order chi connectivity index (χ0) is 23.6. The Kier molecular flexibility index (Phi) is 6.60. The van der Waals surface area contributed by atoms with Gasteiger partial charge in [-0.25, -0.2) is 15.0 Å². The van der Waals surface area contributed by atoms with E-state index in [1.165, 1.54) is 12.1 Å². The van der Waals surface area contributed by atoms with Crippen LogP contribution in [0.1, 0.15) is 70.7 Å². The minimum atomic E-state index is -1.06. The van der Waals surface area contributed by atoms with Crippen molar-refractivity contribution in [3.8, 4) is 0 Å². The molecule has 0 bridgehead atoms. The van der Waals surface area contributed by atoms with Crippen molar-refractivity contribution in [1.29, 1.82) is 0 Å². The van der Waals surface area contributed by atoms with Crippen LogP contribution >= 0.6 is 0 Å². The van der Waals surface area contributed by atoms with Crippen molar-refractivity contribution in [1.82, 2.24) is 19.5 Å². The molecule has 4 rings (SSSR count). The predicted octanol–water partition coefficient (Wildman–Crippen LogP) is 4.78. The lowest BCUT2D eigenvalue weighted by Crippen LogP contribution is -2.34. The number of fused-ring (bicyclic) bond motifs is 1. The largest absolute Gasteiger partial charge is 0.382 e. The lowest BCUT2D eigenvalue weighted by molar-refractivity contribution is -0.384. The van der Waals surface area contributed by atoms with Crippen molar-refractivity contribution in [2.75, 3.05) is 5.32 Å². The molecule has 1 aliphatic rings. The number of aliphatic hydroxyl groups is 1. The van der Waals surface area contributed by atoms with Crippen molar-refractivity contribution in [3.63, 3.8) is 0 Å². The fourth-order valence-corrected chi connectivity index (χ4v) is 4.70. The third kappa shape index (κ3) is 4.83. The summed E-state index contributed by atoms with van der Waals surface area (Å²) in [6, 6.07) is 6.73. The number of benzene rings is 1. The van der Waals surface area contributed by atoms with Gasteiger partial charge in [0.05, 0.1) is 17.8 Å². The molecule has 1 saturated carbocycles. The van der Waals surface area contributed by atoms with Gasteiger partial charge < -0.3 is 15.0 Å². The van der Waals surface area contributed by atoms with Crippen LogP contribution in [0.5, 0.6) is 0 Å². The number of hydrogen-bond donors (Lipinski definition) is 2. The average Bonchev–Trinajstić information content (AvgIpc) is 3.20. The van der Waals surface area contributed by atoms with Gasteiger partial charge in [-0.15, -0.1) is 0 Å². The summed E-state index contributed by atoms with van der Waals surface area (Å²) in [5.74, 6) is 1.50. The van der Waals surface area contributed by atoms with Gasteiger partial charge in [-0.3, -0.25) is 10.1 Å². The van der Waals surface area contributed by atoms with Gasteiger partial charge in [-0.1, -0.05) is 39.3 Å². The van der Waals surface area contributed by atoms with E-state index in [2.05, 4.69) is 31.1 Å². The molecular formula is C24H32N6O3. The van der Waals surface area contributed by atoms with E-state index in [-0.39, 0.29) is 11.7 Å². The number of nitrogens with one attached hydrogen (secondary N) is 1. The van der Waals surface area contributed by atoms with Crippen LogP contribution in [0.15, 0.2) is 30.6 Å². The van der Waals surface area contributed by atoms with E-state index in [0.29, 0.717) is 48.1 Å². The van der Waals surface area contributed by atoms with E-state index < -0.39 is 10.5 Å². The van der Waals surface area contributed by atoms with E-state index in [9.17, 15) is 15.2 Å². The summed E-state index contributed by atoms with van der Waals surface area (Å²) < 4.78 is 1.91. The molecule has 1 aliphatic carbocycles. The summed E-state index contributed by atoms with van der Waals surface area (Å²) in [6.07, 6.45) is 6.93. The molecule has 0 aliphatic heterocycles. The molecule has 2 heterocycles. The second-order valence-electron chi connectivity index (χ2n) is 9.25. The number of non-ortho nitro benzene ring substituents is 1. The summed E-state index contributed by atoms with van der Waals surface area (Å²) in [5, 5.41) is 26.0. The average molecular weight is 453 g/mol. The van der Waals surface area contributed by atoms with Crippen LogP contribution in [0.2, 0.25) is 0 Å². The number of nitro groups is 1. The van der Waals surface area contributed by atoms with Crippen molar-refractivity contribution in [2.45, 2.75) is 77.5 Å². The van der Waals surface area contributed by atoms with Gasteiger partial charge in [0.2, 0.25) is 0 Å². The summed E-state index contributed by atoms with van der Waals surface area (Å²) in [6.45, 7) is 6.88. The second-order valence-corrected chi connectivity index (χ2v) is 9.25. The van der Waals surface area contributed by atoms with E-state index >= 15 is 0 Å². The van der Waals surface area contributed by atoms with E-state index in [1.54, 1.807) is 18.5 Å². The Hall–Kier alpha value is -3.07. The number of nitro benzene ring substituents is 1. The maximum Gasteiger partial charge on any atom is 0.269 e. The quantitative estimate of drug-likeness (QED) is 0.373. The summed E-state index contributed by atoms with van der Waals surface area (Å²) in [7, 11) is 0. The molecule has 0 spiro atoms. The monoisotopic (exact) mass is 452 g/mol. The first kappa shape index (κ1) is 23.1. The molecule has 1 aromatic carbocycles. The van der Waals surface area contributed by atoms with Crippen LogP contribution in [-0.4, -0.2) is 35.6 Å². The van der Waals surface area contributed by atoms with E-state index in [0.717, 1.165) is 31.2 Å². The number of rotatable bonds is 8. The predicted molar refractivity (Wildman–Crippen MR) is 127 cm³/mol. The smallest absolute Gasteiger partial charge is 0.269 e. The first-order chi connectivity index (χ1) is 15.8. The highest BCUT2D eigenvalue weighted by Crippen LogP contribution is 2.39. The van der Waals surface area contributed by atoms with Crippen LogP contribution in [-0.2, 0) is 12.1 Å². The van der Waals surface area contributed by atoms with Gasteiger partial charge in [0.1, 0.15) is 11.1 Å². The van der Waals surface area contributed by atoms with Crippen LogP contribution < -0.4 is 5.32 Å². The van der Waals surface area contributed by atoms with Gasteiger partial charge in [0.15, 0.2) is 17.3 Å². The SMILES string of the molecule is CCC(CC)Nc1nc([C@]2(O)CCC[C@@H](C)C2)nc2c1ncn2Cc1ccc([N+](=O)[O-])cc1. The van der Waals surface area contributed by atoms with Crippen molar-refractivity contribution in [3.05, 3.63) is 52.1 Å². The van der Waals surface area contributed by atoms with Crippen LogP contribution in [0, 0.1) is 16.0 Å². The van der Waals surface area contributed by atoms with Crippen LogP contribution in [0.4, 0.5) is 11.5 Å².